The second-order valence-electron chi connectivity index (χ2n) is 4.64. The van der Waals surface area contributed by atoms with Crippen LogP contribution in [0.15, 0.2) is 42.9 Å². The number of primary amides is 1. The van der Waals surface area contributed by atoms with Crippen molar-refractivity contribution in [2.24, 2.45) is 5.73 Å². The van der Waals surface area contributed by atoms with Crippen molar-refractivity contribution in [1.29, 1.82) is 5.26 Å². The molecular weight excluding hydrogens is 278 g/mol. The first kappa shape index (κ1) is 13.5. The third kappa shape index (κ3) is 2.55. The number of nitrogens with one attached hydrogen (secondary N) is 1. The van der Waals surface area contributed by atoms with Gasteiger partial charge in [0.1, 0.15) is 17.4 Å². The Bertz CT molecular complexity index is 916. The number of rotatable bonds is 3. The van der Waals surface area contributed by atoms with E-state index in [2.05, 4.69) is 15.0 Å². The van der Waals surface area contributed by atoms with Crippen LogP contribution in [0.3, 0.4) is 0 Å². The summed E-state index contributed by atoms with van der Waals surface area (Å²) in [4.78, 5) is 22.3. The largest absolute Gasteiger partial charge is 0.366 e. The van der Waals surface area contributed by atoms with E-state index >= 15 is 0 Å². The van der Waals surface area contributed by atoms with Gasteiger partial charge in [0.2, 0.25) is 5.91 Å². The second kappa shape index (κ2) is 5.50. The lowest BCUT2D eigenvalue weighted by Crippen LogP contribution is -2.04. The van der Waals surface area contributed by atoms with Gasteiger partial charge in [-0.15, -0.1) is 0 Å². The van der Waals surface area contributed by atoms with E-state index in [1.807, 2.05) is 18.2 Å². The summed E-state index contributed by atoms with van der Waals surface area (Å²) >= 11 is 0. The minimum Gasteiger partial charge on any atom is -0.366 e. The van der Waals surface area contributed by atoms with Gasteiger partial charge in [-0.2, -0.15) is 5.26 Å². The van der Waals surface area contributed by atoms with Gasteiger partial charge in [-0.05, 0) is 24.3 Å². The summed E-state index contributed by atoms with van der Waals surface area (Å²) < 4.78 is 0. The van der Waals surface area contributed by atoms with Crippen LogP contribution in [-0.4, -0.2) is 20.9 Å². The van der Waals surface area contributed by atoms with Crippen LogP contribution in [0.2, 0.25) is 0 Å². The van der Waals surface area contributed by atoms with Crippen LogP contribution in [0.1, 0.15) is 11.3 Å². The molecule has 1 amide bonds. The third-order valence-corrected chi connectivity index (χ3v) is 3.20. The molecule has 0 radical (unpaired) electrons. The number of carbonyl (C=O) groups excluding carboxylic acids is 1. The Kier molecular flexibility index (Phi) is 3.38. The number of pyridine rings is 2. The molecule has 22 heavy (non-hydrogen) atoms. The van der Waals surface area contributed by atoms with E-state index in [1.165, 1.54) is 6.08 Å². The average Bonchev–Trinajstić information content (AvgIpc) is 2.95. The highest BCUT2D eigenvalue weighted by molar-refractivity contribution is 5.95. The lowest BCUT2D eigenvalue weighted by Gasteiger charge is -2.01. The molecule has 6 nitrogen and oxygen atoms in total. The number of H-pyrrole nitrogens is 1. The van der Waals surface area contributed by atoms with Crippen molar-refractivity contribution in [2.75, 3.05) is 0 Å². The van der Waals surface area contributed by atoms with Crippen molar-refractivity contribution in [2.45, 2.75) is 0 Å². The number of hydrogen-bond donors (Lipinski definition) is 2. The molecule has 0 aromatic carbocycles. The Labute approximate surface area is 125 Å². The summed E-state index contributed by atoms with van der Waals surface area (Å²) in [6, 6.07) is 7.41. The predicted molar refractivity (Wildman–Crippen MR) is 82.3 cm³/mol. The molecule has 3 N–H and O–H groups in total. The summed E-state index contributed by atoms with van der Waals surface area (Å²) in [5, 5.41) is 9.65. The molecule has 3 aromatic rings. The summed E-state index contributed by atoms with van der Waals surface area (Å²) in [5.41, 5.74) is 8.76. The molecule has 0 saturated carbocycles. The number of fused-ring (bicyclic) bond motifs is 1. The van der Waals surface area contributed by atoms with Gasteiger partial charge in [0.25, 0.3) is 0 Å². The number of nitrogens with two attached hydrogens (primary N) is 1. The minimum absolute atomic E-state index is 0.365. The Morgan fingerprint density at radius 2 is 2.09 bits per heavy atom. The Hall–Kier alpha value is -3.46. The van der Waals surface area contributed by atoms with Gasteiger partial charge in [0, 0.05) is 46.7 Å². The van der Waals surface area contributed by atoms with Gasteiger partial charge in [0.15, 0.2) is 0 Å². The second-order valence-corrected chi connectivity index (χ2v) is 4.64. The topological polar surface area (TPSA) is 108 Å². The average molecular weight is 289 g/mol. The Morgan fingerprint density at radius 3 is 2.77 bits per heavy atom. The quantitative estimate of drug-likeness (QED) is 0.718. The first-order chi connectivity index (χ1) is 10.7. The summed E-state index contributed by atoms with van der Waals surface area (Å²) in [5.74, 6) is -0.505. The summed E-state index contributed by atoms with van der Waals surface area (Å²) in [6.07, 6.45) is 8.07. The van der Waals surface area contributed by atoms with E-state index in [1.54, 1.807) is 30.7 Å². The molecule has 106 valence electrons. The maximum Gasteiger partial charge on any atom is 0.241 e. The highest BCUT2D eigenvalue weighted by atomic mass is 16.1. The SMILES string of the molecule is N#Cc1ccc(-c2cnc3[nH]cc(/C=C/C(N)=O)c3c2)cn1. The Morgan fingerprint density at radius 1 is 1.27 bits per heavy atom. The lowest BCUT2D eigenvalue weighted by atomic mass is 10.1. The van der Waals surface area contributed by atoms with Crippen LogP contribution in [0.25, 0.3) is 28.2 Å². The zero-order valence-corrected chi connectivity index (χ0v) is 11.4. The van der Waals surface area contributed by atoms with Crippen LogP contribution in [0.5, 0.6) is 0 Å². The molecule has 6 heteroatoms. The van der Waals surface area contributed by atoms with Crippen LogP contribution < -0.4 is 5.73 Å². The molecule has 0 aliphatic rings. The minimum atomic E-state index is -0.505. The molecule has 3 aromatic heterocycles. The van der Waals surface area contributed by atoms with Crippen LogP contribution in [0, 0.1) is 11.3 Å². The number of aromatic amines is 1. The molecule has 0 atom stereocenters. The molecule has 3 rings (SSSR count). The van der Waals surface area contributed by atoms with Crippen LogP contribution in [0.4, 0.5) is 0 Å². The third-order valence-electron chi connectivity index (χ3n) is 3.20. The number of hydrogen-bond acceptors (Lipinski definition) is 4. The van der Waals surface area contributed by atoms with Gasteiger partial charge in [0.05, 0.1) is 0 Å². The van der Waals surface area contributed by atoms with Crippen molar-refractivity contribution < 1.29 is 4.79 Å². The summed E-state index contributed by atoms with van der Waals surface area (Å²) in [7, 11) is 0. The van der Waals surface area contributed by atoms with Crippen molar-refractivity contribution >= 4 is 23.0 Å². The standard InChI is InChI=1S/C16H11N5O/c17-6-13-3-1-10(7-19-13)12-5-14-11(2-4-15(18)22)8-20-16(14)21-9-12/h1-5,7-9H,(H2,18,22)(H,20,21)/b4-2+. The monoisotopic (exact) mass is 289 g/mol. The maximum absolute atomic E-state index is 10.9. The first-order valence-corrected chi connectivity index (χ1v) is 6.48. The van der Waals surface area contributed by atoms with Gasteiger partial charge < -0.3 is 10.7 Å². The van der Waals surface area contributed by atoms with Gasteiger partial charge in [-0.3, -0.25) is 4.79 Å². The molecule has 0 saturated heterocycles. The molecule has 0 aliphatic heterocycles. The first-order valence-electron chi connectivity index (χ1n) is 6.48. The van der Waals surface area contributed by atoms with Crippen molar-refractivity contribution in [3.8, 4) is 17.2 Å². The van der Waals surface area contributed by atoms with Crippen molar-refractivity contribution in [3.05, 3.63) is 54.1 Å². The van der Waals surface area contributed by atoms with E-state index < -0.39 is 5.91 Å². The van der Waals surface area contributed by atoms with E-state index in [0.29, 0.717) is 5.69 Å². The highest BCUT2D eigenvalue weighted by Gasteiger charge is 2.06. The predicted octanol–water partition coefficient (Wildman–Crippen LogP) is 2.00. The highest BCUT2D eigenvalue weighted by Crippen LogP contribution is 2.25. The van der Waals surface area contributed by atoms with Gasteiger partial charge in [-0.25, -0.2) is 9.97 Å². The number of nitriles is 1. The van der Waals surface area contributed by atoms with Gasteiger partial charge in [-0.1, -0.05) is 0 Å². The molecule has 0 fully saturated rings. The van der Waals surface area contributed by atoms with E-state index in [-0.39, 0.29) is 0 Å². The molecule has 3 heterocycles. The molecular formula is C16H11N5O. The van der Waals surface area contributed by atoms with E-state index in [0.717, 1.165) is 27.7 Å². The number of carbonyl (C=O) groups is 1. The fraction of sp³-hybridized carbons (Fsp3) is 0. The Balaban J connectivity index is 2.06. The molecule has 0 bridgehead atoms. The zero-order chi connectivity index (χ0) is 15.5. The smallest absolute Gasteiger partial charge is 0.241 e. The van der Waals surface area contributed by atoms with Crippen molar-refractivity contribution in [3.63, 3.8) is 0 Å². The number of aromatic nitrogens is 3. The normalized spacial score (nSPS) is 10.9. The van der Waals surface area contributed by atoms with Crippen LogP contribution >= 0.6 is 0 Å². The molecule has 0 aliphatic carbocycles. The fourth-order valence-corrected chi connectivity index (χ4v) is 2.12. The molecule has 0 unspecified atom stereocenters. The van der Waals surface area contributed by atoms with E-state index in [9.17, 15) is 4.79 Å². The summed E-state index contributed by atoms with van der Waals surface area (Å²) in [6.45, 7) is 0. The zero-order valence-electron chi connectivity index (χ0n) is 11.4. The maximum atomic E-state index is 10.9. The number of nitrogens with zero attached hydrogens (tertiary/aromatic N) is 3. The van der Waals surface area contributed by atoms with E-state index in [4.69, 9.17) is 11.0 Å². The number of amides is 1. The fourth-order valence-electron chi connectivity index (χ4n) is 2.12. The lowest BCUT2D eigenvalue weighted by molar-refractivity contribution is -0.113. The van der Waals surface area contributed by atoms with Gasteiger partial charge >= 0.3 is 0 Å². The van der Waals surface area contributed by atoms with Crippen molar-refractivity contribution in [1.82, 2.24) is 15.0 Å². The molecule has 0 spiro atoms. The van der Waals surface area contributed by atoms with Crippen LogP contribution in [-0.2, 0) is 4.79 Å².